The maximum atomic E-state index is 6.17. The first kappa shape index (κ1) is 18.3. The monoisotopic (exact) mass is 413 g/mol. The lowest BCUT2D eigenvalue weighted by Gasteiger charge is -2.35. The maximum absolute atomic E-state index is 6.17. The van der Waals surface area contributed by atoms with Gasteiger partial charge >= 0.3 is 0 Å². The van der Waals surface area contributed by atoms with Crippen LogP contribution in [0.15, 0.2) is 37.1 Å². The van der Waals surface area contributed by atoms with Gasteiger partial charge in [0, 0.05) is 42.9 Å². The summed E-state index contributed by atoms with van der Waals surface area (Å²) in [5.41, 5.74) is 2.78. The van der Waals surface area contributed by atoms with E-state index in [2.05, 4.69) is 25.4 Å². The zero-order chi connectivity index (χ0) is 19.8. The highest BCUT2D eigenvalue weighted by Gasteiger charge is 2.30. The van der Waals surface area contributed by atoms with Gasteiger partial charge in [-0.15, -0.1) is 5.10 Å². The van der Waals surface area contributed by atoms with Crippen molar-refractivity contribution in [2.75, 3.05) is 25.6 Å². The van der Waals surface area contributed by atoms with E-state index in [4.69, 9.17) is 21.1 Å². The third-order valence-corrected chi connectivity index (χ3v) is 5.40. The standard InChI is InChI=1S/C19H20ClN7O2/c1-28-4-5-29-14-6-13(7-14)24-18-21-9-16-15(2-3-27(16)25-18)12-8-22-19-23-10-17(20)26(19)11-12/h2-3,8-11,13-14H,4-7H2,1H3,(H,24,25)/t13-,14+. The Bertz CT molecular complexity index is 1150. The van der Waals surface area contributed by atoms with E-state index < -0.39 is 0 Å². The van der Waals surface area contributed by atoms with Gasteiger partial charge in [0.1, 0.15) is 5.15 Å². The van der Waals surface area contributed by atoms with Gasteiger partial charge in [-0.25, -0.2) is 19.5 Å². The Hall–Kier alpha value is -2.75. The molecule has 0 unspecified atom stereocenters. The minimum absolute atomic E-state index is 0.280. The Morgan fingerprint density at radius 3 is 2.90 bits per heavy atom. The van der Waals surface area contributed by atoms with E-state index in [0.717, 1.165) is 29.5 Å². The summed E-state index contributed by atoms with van der Waals surface area (Å²) in [6, 6.07) is 2.31. The molecule has 1 saturated carbocycles. The number of hydrogen-bond donors (Lipinski definition) is 1. The first-order valence-corrected chi connectivity index (χ1v) is 9.79. The Kier molecular flexibility index (Phi) is 4.78. The zero-order valence-electron chi connectivity index (χ0n) is 15.8. The van der Waals surface area contributed by atoms with Crippen LogP contribution in [0.4, 0.5) is 5.95 Å². The number of nitrogens with one attached hydrogen (secondary N) is 1. The minimum atomic E-state index is 0.280. The lowest BCUT2D eigenvalue weighted by molar-refractivity contribution is -0.0261. The molecule has 1 aliphatic rings. The average molecular weight is 414 g/mol. The molecule has 1 aliphatic carbocycles. The lowest BCUT2D eigenvalue weighted by Crippen LogP contribution is -2.41. The van der Waals surface area contributed by atoms with Crippen LogP contribution in [-0.4, -0.2) is 61.4 Å². The van der Waals surface area contributed by atoms with E-state index in [-0.39, 0.29) is 6.10 Å². The van der Waals surface area contributed by atoms with Gasteiger partial charge in [-0.05, 0) is 18.9 Å². The largest absolute Gasteiger partial charge is 0.382 e. The van der Waals surface area contributed by atoms with Gasteiger partial charge in [-0.3, -0.25) is 4.40 Å². The van der Waals surface area contributed by atoms with Gasteiger partial charge < -0.3 is 14.8 Å². The number of fused-ring (bicyclic) bond motifs is 2. The van der Waals surface area contributed by atoms with E-state index in [9.17, 15) is 0 Å². The molecule has 4 aromatic heterocycles. The average Bonchev–Trinajstić information content (AvgIpc) is 3.29. The third-order valence-electron chi connectivity index (χ3n) is 5.12. The summed E-state index contributed by atoms with van der Waals surface area (Å²) in [5.74, 6) is 1.17. The molecule has 1 fully saturated rings. The van der Waals surface area contributed by atoms with Crippen molar-refractivity contribution in [3.63, 3.8) is 0 Å². The predicted octanol–water partition coefficient (Wildman–Crippen LogP) is 2.70. The third kappa shape index (κ3) is 3.52. The Morgan fingerprint density at radius 1 is 1.17 bits per heavy atom. The van der Waals surface area contributed by atoms with Crippen molar-refractivity contribution in [1.29, 1.82) is 0 Å². The Morgan fingerprint density at radius 2 is 2.03 bits per heavy atom. The highest BCUT2D eigenvalue weighted by molar-refractivity contribution is 6.29. The molecule has 0 amide bonds. The van der Waals surface area contributed by atoms with Crippen molar-refractivity contribution in [2.45, 2.75) is 25.0 Å². The summed E-state index contributed by atoms with van der Waals surface area (Å²) >= 11 is 6.17. The number of ether oxygens (including phenoxy) is 2. The van der Waals surface area contributed by atoms with E-state index in [1.807, 2.05) is 29.2 Å². The van der Waals surface area contributed by atoms with Crippen LogP contribution in [0.1, 0.15) is 12.8 Å². The molecule has 0 bridgehead atoms. The SMILES string of the molecule is COCCO[C@H]1C[C@@H](Nc2ncc3c(-c4cnc5ncc(Cl)n5c4)ccn3n2)C1. The van der Waals surface area contributed by atoms with Crippen LogP contribution in [0.2, 0.25) is 5.15 Å². The van der Waals surface area contributed by atoms with Crippen LogP contribution < -0.4 is 5.32 Å². The first-order chi connectivity index (χ1) is 14.2. The van der Waals surface area contributed by atoms with Crippen molar-refractivity contribution in [2.24, 2.45) is 0 Å². The molecule has 4 heterocycles. The fourth-order valence-corrected chi connectivity index (χ4v) is 3.67. The van der Waals surface area contributed by atoms with Crippen LogP contribution in [0.5, 0.6) is 0 Å². The first-order valence-electron chi connectivity index (χ1n) is 9.41. The number of methoxy groups -OCH3 is 1. The zero-order valence-corrected chi connectivity index (χ0v) is 16.6. The van der Waals surface area contributed by atoms with E-state index in [1.165, 1.54) is 0 Å². The second kappa shape index (κ2) is 7.58. The van der Waals surface area contributed by atoms with Gasteiger partial charge in [0.2, 0.25) is 11.7 Å². The van der Waals surface area contributed by atoms with E-state index >= 15 is 0 Å². The topological polar surface area (TPSA) is 90.9 Å². The molecule has 0 atom stereocenters. The van der Waals surface area contributed by atoms with Gasteiger partial charge in [0.25, 0.3) is 0 Å². The normalized spacial score (nSPS) is 19.0. The molecule has 4 aromatic rings. The summed E-state index contributed by atoms with van der Waals surface area (Å²) in [6.45, 7) is 1.26. The molecule has 0 aliphatic heterocycles. The molecule has 10 heteroatoms. The van der Waals surface area contributed by atoms with Crippen LogP contribution in [-0.2, 0) is 9.47 Å². The minimum Gasteiger partial charge on any atom is -0.382 e. The summed E-state index contributed by atoms with van der Waals surface area (Å²) < 4.78 is 14.3. The van der Waals surface area contributed by atoms with Crippen LogP contribution in [0, 0.1) is 0 Å². The van der Waals surface area contributed by atoms with Crippen molar-refractivity contribution < 1.29 is 9.47 Å². The molecular weight excluding hydrogens is 394 g/mol. The van der Waals surface area contributed by atoms with Crippen molar-refractivity contribution in [3.8, 4) is 11.1 Å². The number of aromatic nitrogens is 6. The van der Waals surface area contributed by atoms with E-state index in [0.29, 0.717) is 36.1 Å². The fourth-order valence-electron chi connectivity index (χ4n) is 3.50. The fraction of sp³-hybridized carbons (Fsp3) is 0.368. The molecule has 0 spiro atoms. The summed E-state index contributed by atoms with van der Waals surface area (Å²) in [7, 11) is 1.68. The molecular formula is C19H20ClN7O2. The molecule has 29 heavy (non-hydrogen) atoms. The lowest BCUT2D eigenvalue weighted by atomic mass is 9.89. The second-order valence-electron chi connectivity index (χ2n) is 7.03. The van der Waals surface area contributed by atoms with Gasteiger partial charge in [-0.1, -0.05) is 11.6 Å². The summed E-state index contributed by atoms with van der Waals surface area (Å²) in [4.78, 5) is 13.0. The smallest absolute Gasteiger partial charge is 0.241 e. The molecule has 0 aromatic carbocycles. The number of halogens is 1. The molecule has 5 rings (SSSR count). The summed E-state index contributed by atoms with van der Waals surface area (Å²) in [5, 5.41) is 8.47. The van der Waals surface area contributed by atoms with Crippen molar-refractivity contribution >= 4 is 28.8 Å². The molecule has 1 N–H and O–H groups in total. The Balaban J connectivity index is 1.30. The highest BCUT2D eigenvalue weighted by Crippen LogP contribution is 2.28. The molecule has 9 nitrogen and oxygen atoms in total. The molecule has 0 saturated heterocycles. The van der Waals surface area contributed by atoms with Crippen LogP contribution in [0.25, 0.3) is 22.4 Å². The van der Waals surface area contributed by atoms with E-state index in [1.54, 1.807) is 23.9 Å². The number of imidazole rings is 1. The quantitative estimate of drug-likeness (QED) is 0.466. The number of hydrogen-bond acceptors (Lipinski definition) is 7. The van der Waals surface area contributed by atoms with Crippen LogP contribution >= 0.6 is 11.6 Å². The maximum Gasteiger partial charge on any atom is 0.241 e. The highest BCUT2D eigenvalue weighted by atomic mass is 35.5. The van der Waals surface area contributed by atoms with Crippen molar-refractivity contribution in [1.82, 2.24) is 29.0 Å². The Labute approximate surface area is 171 Å². The predicted molar refractivity (Wildman–Crippen MR) is 108 cm³/mol. The van der Waals surface area contributed by atoms with Crippen LogP contribution in [0.3, 0.4) is 0 Å². The number of rotatable bonds is 7. The summed E-state index contributed by atoms with van der Waals surface area (Å²) in [6.07, 6.45) is 11.2. The second-order valence-corrected chi connectivity index (χ2v) is 7.42. The van der Waals surface area contributed by atoms with Gasteiger partial charge in [0.05, 0.1) is 37.2 Å². The molecule has 0 radical (unpaired) electrons. The van der Waals surface area contributed by atoms with Gasteiger partial charge in [-0.2, -0.15) is 0 Å². The van der Waals surface area contributed by atoms with Gasteiger partial charge in [0.15, 0.2) is 0 Å². The van der Waals surface area contributed by atoms with Crippen molar-refractivity contribution in [3.05, 3.63) is 42.2 Å². The number of nitrogens with zero attached hydrogens (tertiary/aromatic N) is 6. The molecule has 150 valence electrons. The number of anilines is 1.